The Bertz CT molecular complexity index is 627. The van der Waals surface area contributed by atoms with Crippen LogP contribution in [0, 0.1) is 11.3 Å². The van der Waals surface area contributed by atoms with Crippen LogP contribution in [-0.4, -0.2) is 12.5 Å². The smallest absolute Gasteiger partial charge is 0.224 e. The van der Waals surface area contributed by atoms with Crippen molar-refractivity contribution >= 4 is 5.91 Å². The van der Waals surface area contributed by atoms with E-state index in [2.05, 4.69) is 30.4 Å². The lowest BCUT2D eigenvalue weighted by atomic mass is 10.0. The molecule has 1 N–H and O–H groups in total. The van der Waals surface area contributed by atoms with Gasteiger partial charge in [0.05, 0.1) is 18.1 Å². The third-order valence-electron chi connectivity index (χ3n) is 3.42. The number of carbonyl (C=O) groups is 1. The molecule has 1 atom stereocenters. The number of amides is 1. The first-order chi connectivity index (χ1) is 10.2. The van der Waals surface area contributed by atoms with E-state index in [0.29, 0.717) is 18.5 Å². The van der Waals surface area contributed by atoms with Gasteiger partial charge in [0.1, 0.15) is 0 Å². The quantitative estimate of drug-likeness (QED) is 0.914. The largest absolute Gasteiger partial charge is 0.355 e. The molecule has 0 aliphatic heterocycles. The van der Waals surface area contributed by atoms with Crippen LogP contribution in [0.3, 0.4) is 0 Å². The minimum absolute atomic E-state index is 0.00230. The standard InChI is InChI=1S/C18H18N2O/c1-14(17-5-3-2-4-6-17)13-20-18(21)11-15-7-9-16(12-19)10-8-15/h2-10,14H,11,13H2,1H3,(H,20,21). The second kappa shape index (κ2) is 7.25. The maximum atomic E-state index is 11.9. The third kappa shape index (κ3) is 4.47. The molecule has 0 aliphatic rings. The number of hydrogen-bond acceptors (Lipinski definition) is 2. The maximum absolute atomic E-state index is 11.9. The highest BCUT2D eigenvalue weighted by atomic mass is 16.1. The molecular formula is C18H18N2O. The monoisotopic (exact) mass is 278 g/mol. The molecule has 0 saturated carbocycles. The molecule has 2 rings (SSSR count). The van der Waals surface area contributed by atoms with Crippen LogP contribution in [-0.2, 0) is 11.2 Å². The maximum Gasteiger partial charge on any atom is 0.224 e. The molecular weight excluding hydrogens is 260 g/mol. The van der Waals surface area contributed by atoms with Gasteiger partial charge in [0.15, 0.2) is 0 Å². The predicted octanol–water partition coefficient (Wildman–Crippen LogP) is 3.02. The number of nitrogens with one attached hydrogen (secondary N) is 1. The number of rotatable bonds is 5. The normalized spacial score (nSPS) is 11.4. The average Bonchev–Trinajstić information content (AvgIpc) is 2.54. The van der Waals surface area contributed by atoms with E-state index < -0.39 is 0 Å². The van der Waals surface area contributed by atoms with Crippen molar-refractivity contribution < 1.29 is 4.79 Å². The molecule has 1 amide bonds. The Morgan fingerprint density at radius 2 is 1.81 bits per heavy atom. The van der Waals surface area contributed by atoms with E-state index in [0.717, 1.165) is 5.56 Å². The van der Waals surface area contributed by atoms with Crippen LogP contribution >= 0.6 is 0 Å². The van der Waals surface area contributed by atoms with Crippen LogP contribution < -0.4 is 5.32 Å². The first-order valence-corrected chi connectivity index (χ1v) is 6.99. The van der Waals surface area contributed by atoms with Crippen LogP contribution in [0.1, 0.15) is 29.5 Å². The number of benzene rings is 2. The Morgan fingerprint density at radius 3 is 2.43 bits per heavy atom. The molecule has 0 aliphatic carbocycles. The van der Waals surface area contributed by atoms with Crippen LogP contribution in [0.5, 0.6) is 0 Å². The molecule has 0 radical (unpaired) electrons. The Balaban J connectivity index is 1.83. The zero-order valence-corrected chi connectivity index (χ0v) is 12.0. The Hall–Kier alpha value is -2.60. The van der Waals surface area contributed by atoms with E-state index in [9.17, 15) is 4.79 Å². The average molecular weight is 278 g/mol. The van der Waals surface area contributed by atoms with Crippen molar-refractivity contribution in [3.8, 4) is 6.07 Å². The Labute approximate surface area is 125 Å². The SMILES string of the molecule is CC(CNC(=O)Cc1ccc(C#N)cc1)c1ccccc1. The molecule has 21 heavy (non-hydrogen) atoms. The topological polar surface area (TPSA) is 52.9 Å². The number of carbonyl (C=O) groups excluding carboxylic acids is 1. The number of nitriles is 1. The predicted molar refractivity (Wildman–Crippen MR) is 82.7 cm³/mol. The molecule has 0 heterocycles. The molecule has 0 spiro atoms. The van der Waals surface area contributed by atoms with Crippen LogP contribution in [0.2, 0.25) is 0 Å². The second-order valence-electron chi connectivity index (χ2n) is 5.10. The Morgan fingerprint density at radius 1 is 1.14 bits per heavy atom. The number of nitrogens with zero attached hydrogens (tertiary/aromatic N) is 1. The summed E-state index contributed by atoms with van der Waals surface area (Å²) >= 11 is 0. The Kier molecular flexibility index (Phi) is 5.11. The van der Waals surface area contributed by atoms with Gasteiger partial charge in [-0.05, 0) is 29.2 Å². The first kappa shape index (κ1) is 14.8. The molecule has 1 unspecified atom stereocenters. The van der Waals surface area contributed by atoms with Crippen molar-refractivity contribution in [2.75, 3.05) is 6.54 Å². The molecule has 0 bridgehead atoms. The van der Waals surface area contributed by atoms with Crippen molar-refractivity contribution in [2.45, 2.75) is 19.3 Å². The van der Waals surface area contributed by atoms with Crippen molar-refractivity contribution in [1.29, 1.82) is 5.26 Å². The van der Waals surface area contributed by atoms with Gasteiger partial charge in [0.2, 0.25) is 5.91 Å². The summed E-state index contributed by atoms with van der Waals surface area (Å²) in [6.07, 6.45) is 0.340. The summed E-state index contributed by atoms with van der Waals surface area (Å²) in [5, 5.41) is 11.7. The molecule has 3 heteroatoms. The fourth-order valence-electron chi connectivity index (χ4n) is 2.11. The van der Waals surface area contributed by atoms with Crippen molar-refractivity contribution in [2.24, 2.45) is 0 Å². The van der Waals surface area contributed by atoms with Gasteiger partial charge in [-0.1, -0.05) is 49.4 Å². The fraction of sp³-hybridized carbons (Fsp3) is 0.222. The van der Waals surface area contributed by atoms with E-state index in [1.54, 1.807) is 12.1 Å². The van der Waals surface area contributed by atoms with Gasteiger partial charge in [-0.3, -0.25) is 4.79 Å². The lowest BCUT2D eigenvalue weighted by molar-refractivity contribution is -0.120. The van der Waals surface area contributed by atoms with Crippen molar-refractivity contribution in [3.05, 3.63) is 71.3 Å². The van der Waals surface area contributed by atoms with Gasteiger partial charge in [0, 0.05) is 6.54 Å². The van der Waals surface area contributed by atoms with Crippen molar-refractivity contribution in [1.82, 2.24) is 5.32 Å². The number of hydrogen-bond donors (Lipinski definition) is 1. The molecule has 106 valence electrons. The van der Waals surface area contributed by atoms with Gasteiger partial charge in [-0.25, -0.2) is 0 Å². The zero-order valence-electron chi connectivity index (χ0n) is 12.0. The summed E-state index contributed by atoms with van der Waals surface area (Å²) in [7, 11) is 0. The lowest BCUT2D eigenvalue weighted by Crippen LogP contribution is -2.28. The van der Waals surface area contributed by atoms with Crippen LogP contribution in [0.25, 0.3) is 0 Å². The van der Waals surface area contributed by atoms with E-state index in [1.807, 2.05) is 30.3 Å². The summed E-state index contributed by atoms with van der Waals surface area (Å²) in [5.41, 5.74) is 2.74. The molecule has 0 fully saturated rings. The fourth-order valence-corrected chi connectivity index (χ4v) is 2.11. The third-order valence-corrected chi connectivity index (χ3v) is 3.42. The minimum atomic E-state index is 0.00230. The summed E-state index contributed by atoms with van der Waals surface area (Å²) in [5.74, 6) is 0.290. The van der Waals surface area contributed by atoms with Gasteiger partial charge in [-0.2, -0.15) is 5.26 Å². The zero-order chi connectivity index (χ0) is 15.1. The van der Waals surface area contributed by atoms with Crippen LogP contribution in [0.15, 0.2) is 54.6 Å². The highest BCUT2D eigenvalue weighted by Crippen LogP contribution is 2.13. The summed E-state index contributed by atoms with van der Waals surface area (Å²) in [6.45, 7) is 2.72. The van der Waals surface area contributed by atoms with E-state index >= 15 is 0 Å². The second-order valence-corrected chi connectivity index (χ2v) is 5.10. The summed E-state index contributed by atoms with van der Waals surface area (Å²) in [6, 6.07) is 19.3. The van der Waals surface area contributed by atoms with Gasteiger partial charge >= 0.3 is 0 Å². The summed E-state index contributed by atoms with van der Waals surface area (Å²) in [4.78, 5) is 11.9. The van der Waals surface area contributed by atoms with Gasteiger partial charge in [-0.15, -0.1) is 0 Å². The van der Waals surface area contributed by atoms with E-state index in [-0.39, 0.29) is 11.8 Å². The molecule has 0 saturated heterocycles. The molecule has 2 aromatic carbocycles. The van der Waals surface area contributed by atoms with Crippen molar-refractivity contribution in [3.63, 3.8) is 0 Å². The lowest BCUT2D eigenvalue weighted by Gasteiger charge is -2.13. The van der Waals surface area contributed by atoms with Crippen LogP contribution in [0.4, 0.5) is 0 Å². The molecule has 2 aromatic rings. The minimum Gasteiger partial charge on any atom is -0.355 e. The molecule has 0 aromatic heterocycles. The first-order valence-electron chi connectivity index (χ1n) is 6.99. The van der Waals surface area contributed by atoms with E-state index in [1.165, 1.54) is 5.56 Å². The highest BCUT2D eigenvalue weighted by Gasteiger charge is 2.08. The van der Waals surface area contributed by atoms with Gasteiger partial charge in [0.25, 0.3) is 0 Å². The molecule has 3 nitrogen and oxygen atoms in total. The highest BCUT2D eigenvalue weighted by molar-refractivity contribution is 5.78. The van der Waals surface area contributed by atoms with E-state index in [4.69, 9.17) is 5.26 Å². The van der Waals surface area contributed by atoms with Gasteiger partial charge < -0.3 is 5.32 Å². The summed E-state index contributed by atoms with van der Waals surface area (Å²) < 4.78 is 0.